The number of thiocarbonyl (C=S) groups is 1. The molecule has 1 amide bonds. The van der Waals surface area contributed by atoms with Crippen LogP contribution in [0.4, 0.5) is 5.69 Å². The quantitative estimate of drug-likeness (QED) is 0.174. The van der Waals surface area contributed by atoms with E-state index in [9.17, 15) is 4.79 Å². The SMILES string of the molecule is CSc1cccc(N2C(=O)/C(=C\c3cc(Br)ccc3OCc3ccccc3Cl)SC2=S)c1. The Morgan fingerprint density at radius 2 is 1.97 bits per heavy atom. The fraction of sp³-hybridized carbons (Fsp3) is 0.0833. The van der Waals surface area contributed by atoms with Gasteiger partial charge >= 0.3 is 0 Å². The lowest BCUT2D eigenvalue weighted by Gasteiger charge is -2.15. The zero-order valence-corrected chi connectivity index (χ0v) is 21.7. The first-order chi connectivity index (χ1) is 15.5. The first kappa shape index (κ1) is 23.4. The van der Waals surface area contributed by atoms with Crippen molar-refractivity contribution < 1.29 is 9.53 Å². The summed E-state index contributed by atoms with van der Waals surface area (Å²) < 4.78 is 7.45. The largest absolute Gasteiger partial charge is 0.488 e. The number of carbonyl (C=O) groups is 1. The summed E-state index contributed by atoms with van der Waals surface area (Å²) >= 11 is 18.2. The van der Waals surface area contributed by atoms with Gasteiger partial charge in [-0.1, -0.05) is 75.8 Å². The zero-order chi connectivity index (χ0) is 22.7. The second kappa shape index (κ2) is 10.4. The van der Waals surface area contributed by atoms with Gasteiger partial charge in [0, 0.05) is 25.5 Å². The molecular weight excluding hydrogens is 546 g/mol. The van der Waals surface area contributed by atoms with Crippen molar-refractivity contribution in [3.63, 3.8) is 0 Å². The number of hydrogen-bond donors (Lipinski definition) is 0. The summed E-state index contributed by atoms with van der Waals surface area (Å²) in [6.07, 6.45) is 3.82. The van der Waals surface area contributed by atoms with E-state index in [1.54, 1.807) is 16.7 Å². The van der Waals surface area contributed by atoms with Gasteiger partial charge in [-0.2, -0.15) is 0 Å². The van der Waals surface area contributed by atoms with Crippen molar-refractivity contribution >= 4 is 85.3 Å². The molecule has 0 bridgehead atoms. The van der Waals surface area contributed by atoms with Crippen LogP contribution >= 0.6 is 63.3 Å². The lowest BCUT2D eigenvalue weighted by molar-refractivity contribution is -0.113. The number of amides is 1. The third kappa shape index (κ3) is 5.24. The van der Waals surface area contributed by atoms with Gasteiger partial charge in [-0.15, -0.1) is 11.8 Å². The average molecular weight is 563 g/mol. The van der Waals surface area contributed by atoms with Crippen molar-refractivity contribution in [1.29, 1.82) is 0 Å². The first-order valence-corrected chi connectivity index (χ1v) is 13.2. The number of ether oxygens (including phenoxy) is 1. The Morgan fingerprint density at radius 1 is 1.16 bits per heavy atom. The third-order valence-electron chi connectivity index (χ3n) is 4.70. The minimum Gasteiger partial charge on any atom is -0.488 e. The Balaban J connectivity index is 1.62. The molecule has 3 aromatic carbocycles. The summed E-state index contributed by atoms with van der Waals surface area (Å²) in [6.45, 7) is 0.324. The van der Waals surface area contributed by atoms with E-state index in [2.05, 4.69) is 15.9 Å². The molecule has 0 spiro atoms. The van der Waals surface area contributed by atoms with E-state index < -0.39 is 0 Å². The molecule has 1 fully saturated rings. The molecule has 0 aliphatic carbocycles. The van der Waals surface area contributed by atoms with E-state index in [4.69, 9.17) is 28.6 Å². The van der Waals surface area contributed by atoms with Crippen LogP contribution in [-0.4, -0.2) is 16.5 Å². The van der Waals surface area contributed by atoms with Crippen molar-refractivity contribution in [2.75, 3.05) is 11.2 Å². The van der Waals surface area contributed by atoms with Crippen molar-refractivity contribution in [3.05, 3.63) is 92.3 Å². The molecule has 0 aromatic heterocycles. The molecule has 162 valence electrons. The predicted molar refractivity (Wildman–Crippen MR) is 144 cm³/mol. The highest BCUT2D eigenvalue weighted by molar-refractivity contribution is 9.10. The maximum absolute atomic E-state index is 13.2. The molecule has 4 rings (SSSR count). The first-order valence-electron chi connectivity index (χ1n) is 9.54. The van der Waals surface area contributed by atoms with E-state index in [0.29, 0.717) is 26.6 Å². The maximum atomic E-state index is 13.2. The zero-order valence-electron chi connectivity index (χ0n) is 16.9. The minimum atomic E-state index is -0.143. The van der Waals surface area contributed by atoms with Gasteiger partial charge < -0.3 is 4.74 Å². The molecule has 1 aliphatic heterocycles. The summed E-state index contributed by atoms with van der Waals surface area (Å²) in [4.78, 5) is 16.4. The van der Waals surface area contributed by atoms with Gasteiger partial charge in [-0.3, -0.25) is 9.69 Å². The van der Waals surface area contributed by atoms with E-state index in [0.717, 1.165) is 26.2 Å². The Bertz CT molecular complexity index is 1230. The number of anilines is 1. The molecule has 32 heavy (non-hydrogen) atoms. The number of nitrogens with zero attached hydrogens (tertiary/aromatic N) is 1. The maximum Gasteiger partial charge on any atom is 0.270 e. The Hall–Kier alpha value is -1.77. The van der Waals surface area contributed by atoms with Crippen molar-refractivity contribution in [3.8, 4) is 5.75 Å². The van der Waals surface area contributed by atoms with Crippen molar-refractivity contribution in [1.82, 2.24) is 0 Å². The second-order valence-corrected chi connectivity index (χ2v) is 10.7. The molecule has 0 saturated carbocycles. The molecule has 1 saturated heterocycles. The molecular formula is C24H17BrClNO2S3. The van der Waals surface area contributed by atoms with Gasteiger partial charge in [0.25, 0.3) is 5.91 Å². The summed E-state index contributed by atoms with van der Waals surface area (Å²) in [5.41, 5.74) is 2.44. The fourth-order valence-corrected chi connectivity index (χ4v) is 5.43. The molecule has 0 unspecified atom stereocenters. The number of rotatable bonds is 6. The Kier molecular flexibility index (Phi) is 7.63. The summed E-state index contributed by atoms with van der Waals surface area (Å²) in [5.74, 6) is 0.512. The molecule has 8 heteroatoms. The van der Waals surface area contributed by atoms with Crippen LogP contribution in [0.5, 0.6) is 5.75 Å². The molecule has 3 aromatic rings. The molecule has 0 radical (unpaired) electrons. The monoisotopic (exact) mass is 561 g/mol. The lowest BCUT2D eigenvalue weighted by atomic mass is 10.1. The smallest absolute Gasteiger partial charge is 0.270 e. The third-order valence-corrected chi connectivity index (χ3v) is 7.59. The van der Waals surface area contributed by atoms with Gasteiger partial charge in [-0.05, 0) is 54.8 Å². The van der Waals surface area contributed by atoms with Gasteiger partial charge in [0.05, 0.1) is 10.6 Å². The standard InChI is InChI=1S/C24H17BrClNO2S3/c1-31-19-7-4-6-18(13-19)27-23(28)22(32-24(27)30)12-16-11-17(25)9-10-21(16)29-14-15-5-2-3-8-20(15)26/h2-13H,14H2,1H3/b22-12+. The second-order valence-electron chi connectivity index (χ2n) is 6.78. The lowest BCUT2D eigenvalue weighted by Crippen LogP contribution is -2.27. The van der Waals surface area contributed by atoms with Crippen LogP contribution in [0.1, 0.15) is 11.1 Å². The highest BCUT2D eigenvalue weighted by atomic mass is 79.9. The van der Waals surface area contributed by atoms with Gasteiger partial charge in [0.1, 0.15) is 12.4 Å². The number of carbonyl (C=O) groups excluding carboxylic acids is 1. The van der Waals surface area contributed by atoms with Gasteiger partial charge in [-0.25, -0.2) is 0 Å². The van der Waals surface area contributed by atoms with Crippen LogP contribution in [0.2, 0.25) is 5.02 Å². The van der Waals surface area contributed by atoms with Crippen LogP contribution in [0.25, 0.3) is 6.08 Å². The fourth-order valence-electron chi connectivity index (χ4n) is 3.12. The Morgan fingerprint density at radius 3 is 2.75 bits per heavy atom. The number of hydrogen-bond acceptors (Lipinski definition) is 5. The van der Waals surface area contributed by atoms with E-state index in [1.165, 1.54) is 11.8 Å². The van der Waals surface area contributed by atoms with Crippen LogP contribution in [0, 0.1) is 0 Å². The molecule has 0 atom stereocenters. The Labute approximate surface area is 214 Å². The van der Waals surface area contributed by atoms with Gasteiger partial charge in [0.15, 0.2) is 4.32 Å². The summed E-state index contributed by atoms with van der Waals surface area (Å²) in [7, 11) is 0. The predicted octanol–water partition coefficient (Wildman–Crippen LogP) is 7.81. The van der Waals surface area contributed by atoms with Crippen LogP contribution in [0.15, 0.2) is 81.0 Å². The summed E-state index contributed by atoms with van der Waals surface area (Å²) in [6, 6.07) is 21.0. The molecule has 0 N–H and O–H groups in total. The minimum absolute atomic E-state index is 0.143. The molecule has 1 aliphatic rings. The highest BCUT2D eigenvalue weighted by Crippen LogP contribution is 2.38. The van der Waals surface area contributed by atoms with E-state index >= 15 is 0 Å². The topological polar surface area (TPSA) is 29.5 Å². The van der Waals surface area contributed by atoms with Crippen LogP contribution < -0.4 is 9.64 Å². The number of halogens is 2. The average Bonchev–Trinajstić information content (AvgIpc) is 3.07. The van der Waals surface area contributed by atoms with Crippen LogP contribution in [-0.2, 0) is 11.4 Å². The highest BCUT2D eigenvalue weighted by Gasteiger charge is 2.33. The van der Waals surface area contributed by atoms with E-state index in [-0.39, 0.29) is 5.91 Å². The van der Waals surface area contributed by atoms with Crippen molar-refractivity contribution in [2.24, 2.45) is 0 Å². The van der Waals surface area contributed by atoms with Gasteiger partial charge in [0.2, 0.25) is 0 Å². The molecule has 3 nitrogen and oxygen atoms in total. The van der Waals surface area contributed by atoms with Crippen molar-refractivity contribution in [2.45, 2.75) is 11.5 Å². The summed E-state index contributed by atoms with van der Waals surface area (Å²) in [5, 5.41) is 0.652. The molecule has 1 heterocycles. The normalized spacial score (nSPS) is 15.0. The van der Waals surface area contributed by atoms with E-state index in [1.807, 2.05) is 79.1 Å². The number of thioether (sulfide) groups is 2. The van der Waals surface area contributed by atoms with Crippen LogP contribution in [0.3, 0.4) is 0 Å². The number of benzene rings is 3.